The minimum absolute atomic E-state index is 0.484. The van der Waals surface area contributed by atoms with Crippen molar-refractivity contribution in [2.24, 2.45) is 0 Å². The minimum Gasteiger partial charge on any atom is -0.369 e. The lowest BCUT2D eigenvalue weighted by Crippen LogP contribution is -2.28. The van der Waals surface area contributed by atoms with Crippen molar-refractivity contribution in [3.05, 3.63) is 17.0 Å². The highest BCUT2D eigenvalue weighted by molar-refractivity contribution is 6.29. The molecule has 0 unspecified atom stereocenters. The number of likely N-dealkylation sites (N-methyl/N-ethyl adjacent to an activating group) is 1. The Labute approximate surface area is 102 Å². The van der Waals surface area contributed by atoms with E-state index in [2.05, 4.69) is 34.0 Å². The highest BCUT2D eigenvalue weighted by Crippen LogP contribution is 2.10. The van der Waals surface area contributed by atoms with Crippen molar-refractivity contribution in [2.75, 3.05) is 31.5 Å². The van der Waals surface area contributed by atoms with Crippen LogP contribution in [0.15, 0.2) is 6.07 Å². The fourth-order valence-electron chi connectivity index (χ4n) is 1.50. The molecule has 0 atom stereocenters. The summed E-state index contributed by atoms with van der Waals surface area (Å²) < 4.78 is 0. The summed E-state index contributed by atoms with van der Waals surface area (Å²) in [7, 11) is 0. The van der Waals surface area contributed by atoms with E-state index in [1.807, 2.05) is 6.92 Å². The summed E-state index contributed by atoms with van der Waals surface area (Å²) in [6.07, 6.45) is 0. The van der Waals surface area contributed by atoms with E-state index in [9.17, 15) is 0 Å². The molecule has 90 valence electrons. The number of rotatable bonds is 6. The Kier molecular flexibility index (Phi) is 5.49. The number of nitrogens with one attached hydrogen (secondary N) is 1. The molecule has 0 aliphatic heterocycles. The Morgan fingerprint density at radius 2 is 2.00 bits per heavy atom. The molecule has 0 amide bonds. The quantitative estimate of drug-likeness (QED) is 0.777. The van der Waals surface area contributed by atoms with E-state index in [0.29, 0.717) is 11.0 Å². The summed E-state index contributed by atoms with van der Waals surface area (Å²) in [5.41, 5.74) is 0. The number of aromatic nitrogens is 2. The van der Waals surface area contributed by atoms with Crippen molar-refractivity contribution in [3.8, 4) is 0 Å². The summed E-state index contributed by atoms with van der Waals surface area (Å²) in [5, 5.41) is 3.73. The molecule has 1 aromatic rings. The van der Waals surface area contributed by atoms with E-state index in [0.717, 1.165) is 32.0 Å². The van der Waals surface area contributed by atoms with Gasteiger partial charge in [-0.3, -0.25) is 0 Å². The summed E-state index contributed by atoms with van der Waals surface area (Å²) in [6.45, 7) is 10.2. The molecule has 4 nitrogen and oxygen atoms in total. The summed E-state index contributed by atoms with van der Waals surface area (Å²) in [6, 6.07) is 1.75. The zero-order chi connectivity index (χ0) is 12.0. The van der Waals surface area contributed by atoms with E-state index in [4.69, 9.17) is 11.6 Å². The predicted molar refractivity (Wildman–Crippen MR) is 68.1 cm³/mol. The van der Waals surface area contributed by atoms with Crippen LogP contribution >= 0.6 is 11.6 Å². The Hall–Kier alpha value is -0.870. The van der Waals surface area contributed by atoms with Gasteiger partial charge >= 0.3 is 0 Å². The third-order valence-corrected chi connectivity index (χ3v) is 2.63. The largest absolute Gasteiger partial charge is 0.369 e. The van der Waals surface area contributed by atoms with Gasteiger partial charge in [-0.2, -0.15) is 0 Å². The van der Waals surface area contributed by atoms with E-state index in [1.165, 1.54) is 0 Å². The van der Waals surface area contributed by atoms with Gasteiger partial charge in [0.25, 0.3) is 0 Å². The monoisotopic (exact) mass is 242 g/mol. The SMILES string of the molecule is CCN(CC)CCNc1cc(Cl)nc(C)n1. The number of anilines is 1. The Balaban J connectivity index is 2.42. The maximum Gasteiger partial charge on any atom is 0.134 e. The molecule has 1 rings (SSSR count). The van der Waals surface area contributed by atoms with Gasteiger partial charge in [-0.05, 0) is 20.0 Å². The van der Waals surface area contributed by atoms with Gasteiger partial charge in [-0.1, -0.05) is 25.4 Å². The summed E-state index contributed by atoms with van der Waals surface area (Å²) in [5.74, 6) is 1.49. The second-order valence-corrected chi connectivity index (χ2v) is 3.96. The van der Waals surface area contributed by atoms with Crippen LogP contribution in [0.4, 0.5) is 5.82 Å². The summed E-state index contributed by atoms with van der Waals surface area (Å²) >= 11 is 5.84. The van der Waals surface area contributed by atoms with Crippen molar-refractivity contribution in [1.29, 1.82) is 0 Å². The Bertz CT molecular complexity index is 306. The molecule has 1 aromatic heterocycles. The van der Waals surface area contributed by atoms with E-state index in [1.54, 1.807) is 6.07 Å². The molecule has 0 bridgehead atoms. The predicted octanol–water partition coefficient (Wildman–Crippen LogP) is 2.19. The molecule has 5 heteroatoms. The van der Waals surface area contributed by atoms with Crippen LogP contribution in [0.3, 0.4) is 0 Å². The van der Waals surface area contributed by atoms with Crippen molar-refractivity contribution >= 4 is 17.4 Å². The number of hydrogen-bond acceptors (Lipinski definition) is 4. The molecule has 0 spiro atoms. The topological polar surface area (TPSA) is 41.0 Å². The lowest BCUT2D eigenvalue weighted by atomic mass is 10.4. The molecule has 1 heterocycles. The minimum atomic E-state index is 0.484. The van der Waals surface area contributed by atoms with Crippen LogP contribution in [0.1, 0.15) is 19.7 Å². The van der Waals surface area contributed by atoms with Gasteiger partial charge < -0.3 is 10.2 Å². The highest BCUT2D eigenvalue weighted by Gasteiger charge is 2.01. The molecule has 0 aliphatic rings. The average molecular weight is 243 g/mol. The average Bonchev–Trinajstić information content (AvgIpc) is 2.23. The zero-order valence-electron chi connectivity index (χ0n) is 10.1. The molecular formula is C11H19ClN4. The van der Waals surface area contributed by atoms with Crippen LogP contribution in [-0.4, -0.2) is 41.0 Å². The number of halogens is 1. The second kappa shape index (κ2) is 6.66. The van der Waals surface area contributed by atoms with Gasteiger partial charge in [-0.15, -0.1) is 0 Å². The van der Waals surface area contributed by atoms with Crippen molar-refractivity contribution in [2.45, 2.75) is 20.8 Å². The first kappa shape index (κ1) is 13.2. The van der Waals surface area contributed by atoms with Crippen LogP contribution in [0.25, 0.3) is 0 Å². The lowest BCUT2D eigenvalue weighted by molar-refractivity contribution is 0.316. The van der Waals surface area contributed by atoms with Gasteiger partial charge in [0.2, 0.25) is 0 Å². The number of nitrogens with zero attached hydrogens (tertiary/aromatic N) is 3. The van der Waals surface area contributed by atoms with E-state index in [-0.39, 0.29) is 0 Å². The Morgan fingerprint density at radius 3 is 2.56 bits per heavy atom. The maximum atomic E-state index is 5.84. The molecule has 16 heavy (non-hydrogen) atoms. The van der Waals surface area contributed by atoms with Crippen molar-refractivity contribution < 1.29 is 0 Å². The van der Waals surface area contributed by atoms with Gasteiger partial charge in [0.05, 0.1) is 0 Å². The van der Waals surface area contributed by atoms with Gasteiger partial charge in [0, 0.05) is 19.2 Å². The first-order chi connectivity index (χ1) is 7.65. The molecule has 1 N–H and O–H groups in total. The molecule has 0 saturated heterocycles. The van der Waals surface area contributed by atoms with Gasteiger partial charge in [0.15, 0.2) is 0 Å². The third-order valence-electron chi connectivity index (χ3n) is 2.44. The maximum absolute atomic E-state index is 5.84. The number of aryl methyl sites for hydroxylation is 1. The molecule has 0 fully saturated rings. The fraction of sp³-hybridized carbons (Fsp3) is 0.636. The standard InChI is InChI=1S/C11H19ClN4/c1-4-16(5-2)7-6-13-11-8-10(12)14-9(3)15-11/h8H,4-7H2,1-3H3,(H,13,14,15). The van der Waals surface area contributed by atoms with Crippen molar-refractivity contribution in [1.82, 2.24) is 14.9 Å². The third kappa shape index (κ3) is 4.33. The van der Waals surface area contributed by atoms with E-state index < -0.39 is 0 Å². The highest BCUT2D eigenvalue weighted by atomic mass is 35.5. The first-order valence-electron chi connectivity index (χ1n) is 5.63. The van der Waals surface area contributed by atoms with Crippen LogP contribution in [0.2, 0.25) is 5.15 Å². The molecule has 0 aliphatic carbocycles. The van der Waals surface area contributed by atoms with Crippen molar-refractivity contribution in [3.63, 3.8) is 0 Å². The number of hydrogen-bond donors (Lipinski definition) is 1. The van der Waals surface area contributed by atoms with E-state index >= 15 is 0 Å². The lowest BCUT2D eigenvalue weighted by Gasteiger charge is -2.18. The normalized spacial score (nSPS) is 10.8. The van der Waals surface area contributed by atoms with Gasteiger partial charge in [-0.25, -0.2) is 9.97 Å². The molecule has 0 saturated carbocycles. The molecular weight excluding hydrogens is 224 g/mol. The van der Waals surface area contributed by atoms with Crippen LogP contribution < -0.4 is 5.32 Å². The molecule has 0 aromatic carbocycles. The fourth-order valence-corrected chi connectivity index (χ4v) is 1.73. The van der Waals surface area contributed by atoms with Crippen LogP contribution in [0.5, 0.6) is 0 Å². The van der Waals surface area contributed by atoms with Gasteiger partial charge in [0.1, 0.15) is 16.8 Å². The zero-order valence-corrected chi connectivity index (χ0v) is 10.9. The summed E-state index contributed by atoms with van der Waals surface area (Å²) in [4.78, 5) is 10.6. The second-order valence-electron chi connectivity index (χ2n) is 3.58. The Morgan fingerprint density at radius 1 is 1.31 bits per heavy atom. The smallest absolute Gasteiger partial charge is 0.134 e. The van der Waals surface area contributed by atoms with Crippen LogP contribution in [0, 0.1) is 6.92 Å². The van der Waals surface area contributed by atoms with Crippen LogP contribution in [-0.2, 0) is 0 Å². The first-order valence-corrected chi connectivity index (χ1v) is 6.01. The molecule has 0 radical (unpaired) electrons.